The zero-order chi connectivity index (χ0) is 27.6. The van der Waals surface area contributed by atoms with Crippen molar-refractivity contribution >= 4 is 16.9 Å². The number of fused-ring (bicyclic) bond motifs is 1. The molecule has 40 heavy (non-hydrogen) atoms. The molecule has 208 valence electrons. The van der Waals surface area contributed by atoms with E-state index in [2.05, 4.69) is 35.3 Å². The first kappa shape index (κ1) is 27.6. The second kappa shape index (κ2) is 13.9. The first-order chi connectivity index (χ1) is 19.6. The van der Waals surface area contributed by atoms with E-state index in [1.165, 1.54) is 5.06 Å². The molecule has 0 amide bonds. The summed E-state index contributed by atoms with van der Waals surface area (Å²) in [6.07, 6.45) is 3.57. The van der Waals surface area contributed by atoms with E-state index in [9.17, 15) is 4.79 Å². The van der Waals surface area contributed by atoms with Gasteiger partial charge in [-0.25, -0.2) is 4.79 Å². The molecule has 3 aromatic carbocycles. The van der Waals surface area contributed by atoms with Gasteiger partial charge in [-0.1, -0.05) is 54.6 Å². The van der Waals surface area contributed by atoms with E-state index >= 15 is 0 Å². The molecule has 1 aromatic heterocycles. The van der Waals surface area contributed by atoms with Crippen LogP contribution in [-0.2, 0) is 27.5 Å². The van der Waals surface area contributed by atoms with Crippen molar-refractivity contribution in [3.8, 4) is 5.75 Å². The quantitative estimate of drug-likeness (QED) is 0.212. The molecular formula is C32H34N2O6. The lowest BCUT2D eigenvalue weighted by molar-refractivity contribution is -0.166. The Hall–Kier alpha value is -3.98. The number of carbonyl (C=O) groups is 1. The Balaban J connectivity index is 1.15. The lowest BCUT2D eigenvalue weighted by Gasteiger charge is -2.37. The fourth-order valence-electron chi connectivity index (χ4n) is 4.98. The van der Waals surface area contributed by atoms with E-state index in [0.29, 0.717) is 45.9 Å². The maximum Gasteiger partial charge on any atom is 0.525 e. The monoisotopic (exact) mass is 542 g/mol. The molecule has 1 N–H and O–H groups in total. The van der Waals surface area contributed by atoms with Gasteiger partial charge in [0.1, 0.15) is 5.75 Å². The van der Waals surface area contributed by atoms with Crippen LogP contribution in [0.1, 0.15) is 35.4 Å². The van der Waals surface area contributed by atoms with Crippen molar-refractivity contribution < 1.29 is 28.9 Å². The summed E-state index contributed by atoms with van der Waals surface area (Å²) in [6, 6.07) is 26.4. The fourth-order valence-corrected chi connectivity index (χ4v) is 4.98. The lowest BCUT2D eigenvalue weighted by Crippen LogP contribution is -2.44. The van der Waals surface area contributed by atoms with E-state index < -0.39 is 6.16 Å². The fraction of sp³-hybridized carbons (Fsp3) is 0.312. The number of hydroxylamine groups is 2. The Labute approximate surface area is 234 Å². The minimum Gasteiger partial charge on any atom is -0.494 e. The van der Waals surface area contributed by atoms with Crippen molar-refractivity contribution in [2.24, 2.45) is 0 Å². The Kier molecular flexibility index (Phi) is 9.58. The number of aromatic nitrogens is 1. The topological polar surface area (TPSA) is 90.4 Å². The highest BCUT2D eigenvalue weighted by atomic mass is 16.8. The third kappa shape index (κ3) is 7.79. The number of hydrogen-bond acceptors (Lipinski definition) is 7. The molecule has 5 rings (SSSR count). The second-order valence-corrected chi connectivity index (χ2v) is 9.86. The zero-order valence-corrected chi connectivity index (χ0v) is 22.4. The van der Waals surface area contributed by atoms with Crippen LogP contribution in [0.4, 0.5) is 4.79 Å². The number of rotatable bonds is 12. The average Bonchev–Trinajstić information content (AvgIpc) is 2.98. The first-order valence-corrected chi connectivity index (χ1v) is 13.6. The summed E-state index contributed by atoms with van der Waals surface area (Å²) in [6.45, 7) is 3.09. The van der Waals surface area contributed by atoms with Crippen molar-refractivity contribution in [2.75, 3.05) is 26.3 Å². The number of piperidine rings is 1. The highest BCUT2D eigenvalue weighted by Gasteiger charge is 2.33. The van der Waals surface area contributed by atoms with Gasteiger partial charge in [0, 0.05) is 36.7 Å². The van der Waals surface area contributed by atoms with Gasteiger partial charge in [-0.05, 0) is 52.8 Å². The largest absolute Gasteiger partial charge is 0.525 e. The highest BCUT2D eigenvalue weighted by molar-refractivity contribution is 5.81. The third-order valence-corrected chi connectivity index (χ3v) is 7.02. The second-order valence-electron chi connectivity index (χ2n) is 9.86. The molecule has 2 unspecified atom stereocenters. The average molecular weight is 543 g/mol. The standard InChI is InChI=1S/C32H34N2O6/c35-32(36)40-34-16-14-30(31(21-34)39-23-25-7-8-28-20-33-15-13-27(28)19-25)26-9-11-29(12-10-26)38-18-4-17-37-22-24-5-2-1-3-6-24/h1-3,5-13,15,19-20,30-31H,4,14,16-18,21-23H2,(H,35,36). The number of pyridine rings is 1. The molecule has 4 aromatic rings. The Bertz CT molecular complexity index is 1360. The van der Waals surface area contributed by atoms with E-state index in [1.54, 1.807) is 6.20 Å². The smallest absolute Gasteiger partial charge is 0.494 e. The first-order valence-electron chi connectivity index (χ1n) is 13.6. The molecule has 1 aliphatic heterocycles. The van der Waals surface area contributed by atoms with Crippen LogP contribution in [0.2, 0.25) is 0 Å². The van der Waals surface area contributed by atoms with E-state index in [4.69, 9.17) is 24.2 Å². The summed E-state index contributed by atoms with van der Waals surface area (Å²) in [5, 5.41) is 12.8. The maximum absolute atomic E-state index is 11.1. The van der Waals surface area contributed by atoms with Gasteiger partial charge in [0.25, 0.3) is 0 Å². The number of nitrogens with zero attached hydrogens (tertiary/aromatic N) is 2. The van der Waals surface area contributed by atoms with Gasteiger partial charge in [0.2, 0.25) is 0 Å². The molecule has 0 radical (unpaired) electrons. The van der Waals surface area contributed by atoms with Crippen LogP contribution in [-0.4, -0.2) is 53.7 Å². The number of benzene rings is 3. The van der Waals surface area contributed by atoms with Crippen LogP contribution in [0.15, 0.2) is 91.3 Å². The molecule has 0 saturated carbocycles. The SMILES string of the molecule is O=C(O)ON1CCC(c2ccc(OCCCOCc3ccccc3)cc2)C(OCc2ccc3cnccc3c2)C1. The molecule has 2 atom stereocenters. The van der Waals surface area contributed by atoms with Crippen LogP contribution < -0.4 is 4.74 Å². The molecular weight excluding hydrogens is 508 g/mol. The predicted octanol–water partition coefficient (Wildman–Crippen LogP) is 6.20. The third-order valence-electron chi connectivity index (χ3n) is 7.02. The number of carboxylic acid groups (broad SMARTS) is 1. The van der Waals surface area contributed by atoms with Crippen molar-refractivity contribution in [3.63, 3.8) is 0 Å². The number of ether oxygens (including phenoxy) is 3. The molecule has 1 fully saturated rings. The van der Waals surface area contributed by atoms with Gasteiger partial charge >= 0.3 is 6.16 Å². The van der Waals surface area contributed by atoms with Gasteiger partial charge in [-0.15, -0.1) is 5.06 Å². The molecule has 1 aliphatic rings. The van der Waals surface area contributed by atoms with Crippen molar-refractivity contribution in [1.82, 2.24) is 10.0 Å². The molecule has 0 spiro atoms. The van der Waals surface area contributed by atoms with Crippen molar-refractivity contribution in [2.45, 2.75) is 38.1 Å². The molecule has 2 heterocycles. The predicted molar refractivity (Wildman–Crippen MR) is 151 cm³/mol. The van der Waals surface area contributed by atoms with Crippen molar-refractivity contribution in [1.29, 1.82) is 0 Å². The Morgan fingerprint density at radius 1 is 0.925 bits per heavy atom. The van der Waals surface area contributed by atoms with Gasteiger partial charge in [-0.2, -0.15) is 0 Å². The van der Waals surface area contributed by atoms with Gasteiger partial charge < -0.3 is 24.2 Å². The molecule has 0 aliphatic carbocycles. The van der Waals surface area contributed by atoms with Gasteiger partial charge in [-0.3, -0.25) is 4.98 Å². The summed E-state index contributed by atoms with van der Waals surface area (Å²) < 4.78 is 18.0. The van der Waals surface area contributed by atoms with E-state index in [1.807, 2.05) is 54.7 Å². The summed E-state index contributed by atoms with van der Waals surface area (Å²) in [7, 11) is 0. The summed E-state index contributed by atoms with van der Waals surface area (Å²) in [5.41, 5.74) is 3.34. The minimum absolute atomic E-state index is 0.0961. The van der Waals surface area contributed by atoms with E-state index in [0.717, 1.165) is 39.6 Å². The molecule has 8 heteroatoms. The summed E-state index contributed by atoms with van der Waals surface area (Å²) >= 11 is 0. The summed E-state index contributed by atoms with van der Waals surface area (Å²) in [4.78, 5) is 20.3. The van der Waals surface area contributed by atoms with Crippen LogP contribution in [0.5, 0.6) is 5.75 Å². The normalized spacial score (nSPS) is 17.5. The van der Waals surface area contributed by atoms with Crippen LogP contribution in [0, 0.1) is 0 Å². The molecule has 8 nitrogen and oxygen atoms in total. The molecule has 1 saturated heterocycles. The van der Waals surface area contributed by atoms with Crippen molar-refractivity contribution in [3.05, 3.63) is 108 Å². The highest BCUT2D eigenvalue weighted by Crippen LogP contribution is 2.32. The van der Waals surface area contributed by atoms with Gasteiger partial charge in [0.15, 0.2) is 0 Å². The Morgan fingerprint density at radius 3 is 2.60 bits per heavy atom. The minimum atomic E-state index is -1.31. The van der Waals surface area contributed by atoms with Crippen LogP contribution >= 0.6 is 0 Å². The lowest BCUT2D eigenvalue weighted by atomic mass is 9.87. The van der Waals surface area contributed by atoms with E-state index in [-0.39, 0.29) is 12.0 Å². The van der Waals surface area contributed by atoms with Gasteiger partial charge in [0.05, 0.1) is 39.1 Å². The number of hydrogen-bond donors (Lipinski definition) is 1. The maximum atomic E-state index is 11.1. The molecule has 0 bridgehead atoms. The Morgan fingerprint density at radius 2 is 1.77 bits per heavy atom. The summed E-state index contributed by atoms with van der Waals surface area (Å²) in [5.74, 6) is 0.903. The zero-order valence-electron chi connectivity index (χ0n) is 22.4. The van der Waals surface area contributed by atoms with Crippen LogP contribution in [0.25, 0.3) is 10.8 Å². The van der Waals surface area contributed by atoms with Crippen LogP contribution in [0.3, 0.4) is 0 Å².